The smallest absolute Gasteiger partial charge is 0.167 e. The molecule has 2 aromatic rings. The average Bonchev–Trinajstić information content (AvgIpc) is 3.23. The average molecular weight is 361 g/mol. The van der Waals surface area contributed by atoms with Crippen LogP contribution >= 0.6 is 0 Å². The Bertz CT molecular complexity index is 810. The summed E-state index contributed by atoms with van der Waals surface area (Å²) < 4.78 is 7.18. The van der Waals surface area contributed by atoms with E-state index in [1.807, 2.05) is 7.05 Å². The van der Waals surface area contributed by atoms with Gasteiger partial charge in [0.05, 0.1) is 12.9 Å². The molecule has 140 valence electrons. The largest absolute Gasteiger partial charge is 0.394 e. The first-order valence-corrected chi connectivity index (χ1v) is 8.79. The minimum Gasteiger partial charge on any atom is -0.394 e. The number of allylic oxidation sites excluding steroid dienone is 1. The number of aliphatic hydroxyl groups is 3. The van der Waals surface area contributed by atoms with Crippen LogP contribution in [0.4, 0.5) is 5.82 Å². The standard InChI is InChI=1S/C17H23N5O4/c1-21(10-5-3-2-4-6-10)15-12-16(19-8-18-15)22(9-20-12)17-14(25)13(24)11(7-23)26-17/h2-3,8-11,13-14,17,23-25H,4-7H2,1H3/t10?,11-,13-,14-,17-/m1/s1. The molecule has 0 spiro atoms. The molecule has 4 rings (SSSR count). The molecule has 1 aliphatic carbocycles. The lowest BCUT2D eigenvalue weighted by Gasteiger charge is -2.29. The normalized spacial score (nSPS) is 31.6. The molecule has 9 heteroatoms. The Morgan fingerprint density at radius 2 is 2.08 bits per heavy atom. The summed E-state index contributed by atoms with van der Waals surface area (Å²) in [6, 6.07) is 0.345. The van der Waals surface area contributed by atoms with E-state index in [2.05, 4.69) is 32.0 Å². The molecular weight excluding hydrogens is 338 g/mol. The van der Waals surface area contributed by atoms with Gasteiger partial charge >= 0.3 is 0 Å². The quantitative estimate of drug-likeness (QED) is 0.651. The maximum Gasteiger partial charge on any atom is 0.167 e. The minimum atomic E-state index is -1.18. The fourth-order valence-corrected chi connectivity index (χ4v) is 3.70. The van der Waals surface area contributed by atoms with Crippen molar-refractivity contribution in [3.63, 3.8) is 0 Å². The molecule has 3 N–H and O–H groups in total. The van der Waals surface area contributed by atoms with Gasteiger partial charge in [-0.1, -0.05) is 12.2 Å². The molecule has 0 bridgehead atoms. The summed E-state index contributed by atoms with van der Waals surface area (Å²) in [5.74, 6) is 0.723. The number of rotatable bonds is 4. The van der Waals surface area contributed by atoms with Gasteiger partial charge in [0.1, 0.15) is 24.6 Å². The molecule has 26 heavy (non-hydrogen) atoms. The molecule has 2 aromatic heterocycles. The van der Waals surface area contributed by atoms with Crippen molar-refractivity contribution >= 4 is 17.0 Å². The molecule has 1 unspecified atom stereocenters. The van der Waals surface area contributed by atoms with Gasteiger partial charge in [0.15, 0.2) is 23.2 Å². The van der Waals surface area contributed by atoms with E-state index < -0.39 is 24.5 Å². The molecule has 3 heterocycles. The van der Waals surface area contributed by atoms with Crippen molar-refractivity contribution in [3.05, 3.63) is 24.8 Å². The zero-order valence-electron chi connectivity index (χ0n) is 14.5. The number of imidazole rings is 1. The zero-order valence-corrected chi connectivity index (χ0v) is 14.5. The van der Waals surface area contributed by atoms with E-state index in [4.69, 9.17) is 4.74 Å². The second kappa shape index (κ2) is 6.92. The topological polar surface area (TPSA) is 117 Å². The van der Waals surface area contributed by atoms with Crippen LogP contribution in [0.2, 0.25) is 0 Å². The Kier molecular flexibility index (Phi) is 4.62. The highest BCUT2D eigenvalue weighted by molar-refractivity contribution is 5.83. The third kappa shape index (κ3) is 2.77. The highest BCUT2D eigenvalue weighted by atomic mass is 16.6. The Morgan fingerprint density at radius 3 is 2.77 bits per heavy atom. The van der Waals surface area contributed by atoms with Crippen molar-refractivity contribution in [2.75, 3.05) is 18.6 Å². The Morgan fingerprint density at radius 1 is 1.23 bits per heavy atom. The number of hydrogen-bond donors (Lipinski definition) is 3. The maximum atomic E-state index is 10.3. The summed E-state index contributed by atoms with van der Waals surface area (Å²) in [7, 11) is 2.00. The molecule has 0 radical (unpaired) electrons. The van der Waals surface area contributed by atoms with Crippen LogP contribution in [-0.2, 0) is 4.74 Å². The Balaban J connectivity index is 1.68. The van der Waals surface area contributed by atoms with Gasteiger partial charge in [0.25, 0.3) is 0 Å². The third-order valence-corrected chi connectivity index (χ3v) is 5.25. The van der Waals surface area contributed by atoms with Crippen LogP contribution in [0.1, 0.15) is 25.5 Å². The van der Waals surface area contributed by atoms with Crippen molar-refractivity contribution in [1.29, 1.82) is 0 Å². The van der Waals surface area contributed by atoms with E-state index in [1.165, 1.54) is 12.7 Å². The first-order chi connectivity index (χ1) is 12.6. The van der Waals surface area contributed by atoms with E-state index in [-0.39, 0.29) is 6.61 Å². The first kappa shape index (κ1) is 17.3. The SMILES string of the molecule is CN(c1ncnc2c1ncn2[C@@H]1O[C@H](CO)[C@@H](O)[C@H]1O)C1CC=CCC1. The summed E-state index contributed by atoms with van der Waals surface area (Å²) >= 11 is 0. The number of anilines is 1. The fraction of sp³-hybridized carbons (Fsp3) is 0.588. The first-order valence-electron chi connectivity index (χ1n) is 8.79. The van der Waals surface area contributed by atoms with Crippen LogP contribution < -0.4 is 4.90 Å². The Hall–Kier alpha value is -2.07. The van der Waals surface area contributed by atoms with Crippen LogP contribution in [-0.4, -0.2) is 72.8 Å². The maximum absolute atomic E-state index is 10.3. The Labute approximate surface area is 150 Å². The van der Waals surface area contributed by atoms with Crippen molar-refractivity contribution in [2.45, 2.75) is 49.8 Å². The zero-order chi connectivity index (χ0) is 18.3. The predicted molar refractivity (Wildman–Crippen MR) is 93.5 cm³/mol. The second-order valence-corrected chi connectivity index (χ2v) is 6.80. The van der Waals surface area contributed by atoms with Crippen LogP contribution in [0.3, 0.4) is 0 Å². The summed E-state index contributed by atoms with van der Waals surface area (Å²) in [5.41, 5.74) is 1.13. The molecule has 1 aliphatic heterocycles. The molecular formula is C17H23N5O4. The second-order valence-electron chi connectivity index (χ2n) is 6.80. The van der Waals surface area contributed by atoms with Gasteiger partial charge in [0.2, 0.25) is 0 Å². The summed E-state index contributed by atoms with van der Waals surface area (Å²) in [4.78, 5) is 15.3. The summed E-state index contributed by atoms with van der Waals surface area (Å²) in [6.07, 6.45) is 6.36. The van der Waals surface area contributed by atoms with E-state index in [0.29, 0.717) is 17.2 Å². The van der Waals surface area contributed by atoms with E-state index in [0.717, 1.165) is 25.1 Å². The molecule has 0 saturated carbocycles. The lowest BCUT2D eigenvalue weighted by molar-refractivity contribution is -0.0511. The highest BCUT2D eigenvalue weighted by Crippen LogP contribution is 2.33. The van der Waals surface area contributed by atoms with Crippen molar-refractivity contribution < 1.29 is 20.1 Å². The number of hydrogen-bond acceptors (Lipinski definition) is 8. The third-order valence-electron chi connectivity index (χ3n) is 5.25. The number of ether oxygens (including phenoxy) is 1. The van der Waals surface area contributed by atoms with E-state index in [1.54, 1.807) is 4.57 Å². The molecule has 0 aromatic carbocycles. The van der Waals surface area contributed by atoms with Crippen molar-refractivity contribution in [3.8, 4) is 0 Å². The van der Waals surface area contributed by atoms with Crippen LogP contribution in [0, 0.1) is 0 Å². The summed E-state index contributed by atoms with van der Waals surface area (Å²) in [5, 5.41) is 29.6. The van der Waals surface area contributed by atoms with Gasteiger partial charge in [-0.15, -0.1) is 0 Å². The van der Waals surface area contributed by atoms with Crippen LogP contribution in [0.5, 0.6) is 0 Å². The van der Waals surface area contributed by atoms with Crippen molar-refractivity contribution in [1.82, 2.24) is 19.5 Å². The molecule has 2 aliphatic rings. The fourth-order valence-electron chi connectivity index (χ4n) is 3.70. The van der Waals surface area contributed by atoms with Gasteiger partial charge in [-0.3, -0.25) is 4.57 Å². The summed E-state index contributed by atoms with van der Waals surface area (Å²) in [6.45, 7) is -0.375. The minimum absolute atomic E-state index is 0.345. The van der Waals surface area contributed by atoms with Gasteiger partial charge in [0, 0.05) is 13.1 Å². The van der Waals surface area contributed by atoms with Crippen molar-refractivity contribution in [2.24, 2.45) is 0 Å². The van der Waals surface area contributed by atoms with Crippen LogP contribution in [0.15, 0.2) is 24.8 Å². The molecule has 1 fully saturated rings. The lowest BCUT2D eigenvalue weighted by Crippen LogP contribution is -2.33. The van der Waals surface area contributed by atoms with Crippen LogP contribution in [0.25, 0.3) is 11.2 Å². The number of fused-ring (bicyclic) bond motifs is 1. The highest BCUT2D eigenvalue weighted by Gasteiger charge is 2.44. The van der Waals surface area contributed by atoms with Gasteiger partial charge in [-0.2, -0.15) is 0 Å². The number of aliphatic hydroxyl groups excluding tert-OH is 3. The monoisotopic (exact) mass is 361 g/mol. The van der Waals surface area contributed by atoms with E-state index >= 15 is 0 Å². The molecule has 5 atom stereocenters. The number of aromatic nitrogens is 4. The van der Waals surface area contributed by atoms with Gasteiger partial charge in [-0.25, -0.2) is 15.0 Å². The molecule has 0 amide bonds. The van der Waals surface area contributed by atoms with E-state index in [9.17, 15) is 15.3 Å². The molecule has 9 nitrogen and oxygen atoms in total. The molecule has 1 saturated heterocycles. The predicted octanol–water partition coefficient (Wildman–Crippen LogP) is -0.0173. The van der Waals surface area contributed by atoms with Gasteiger partial charge in [-0.05, 0) is 19.3 Å². The van der Waals surface area contributed by atoms with Gasteiger partial charge < -0.3 is 25.0 Å². The lowest BCUT2D eigenvalue weighted by atomic mass is 10.0. The number of nitrogens with zero attached hydrogens (tertiary/aromatic N) is 5.